The minimum absolute atomic E-state index is 0.550. The molecule has 1 saturated carbocycles. The second-order valence-electron chi connectivity index (χ2n) is 4.22. The van der Waals surface area contributed by atoms with E-state index in [0.29, 0.717) is 5.54 Å². The quantitative estimate of drug-likeness (QED) is 0.549. The summed E-state index contributed by atoms with van der Waals surface area (Å²) in [6.07, 6.45) is 2.80. The summed E-state index contributed by atoms with van der Waals surface area (Å²) in [5.41, 5.74) is 0.550. The number of piperidine rings is 1. The Bertz CT molecular complexity index is 155. The fourth-order valence-electron chi connectivity index (χ4n) is 2.82. The van der Waals surface area contributed by atoms with Crippen LogP contribution in [0.4, 0.5) is 0 Å². The van der Waals surface area contributed by atoms with E-state index in [9.17, 15) is 0 Å². The van der Waals surface area contributed by atoms with Crippen molar-refractivity contribution >= 4 is 0 Å². The average Bonchev–Trinajstić information content (AvgIpc) is 2.52. The SMILES string of the molecule is CCC1CC(C)C2NC12C. The molecule has 4 unspecified atom stereocenters. The van der Waals surface area contributed by atoms with Gasteiger partial charge in [-0.2, -0.15) is 0 Å². The van der Waals surface area contributed by atoms with E-state index >= 15 is 0 Å². The molecule has 1 saturated heterocycles. The van der Waals surface area contributed by atoms with Crippen molar-refractivity contribution in [1.82, 2.24) is 5.32 Å². The van der Waals surface area contributed by atoms with Crippen LogP contribution in [0.15, 0.2) is 0 Å². The highest BCUT2D eigenvalue weighted by Gasteiger charge is 2.61. The van der Waals surface area contributed by atoms with Crippen LogP contribution in [0.5, 0.6) is 0 Å². The molecule has 1 heterocycles. The van der Waals surface area contributed by atoms with E-state index < -0.39 is 0 Å². The Kier molecular flexibility index (Phi) is 1.17. The Hall–Kier alpha value is -0.0400. The van der Waals surface area contributed by atoms with Gasteiger partial charge in [0, 0.05) is 11.6 Å². The molecule has 0 aromatic carbocycles. The van der Waals surface area contributed by atoms with Gasteiger partial charge in [-0.15, -0.1) is 0 Å². The van der Waals surface area contributed by atoms with Gasteiger partial charge in [0.1, 0.15) is 0 Å². The van der Waals surface area contributed by atoms with Crippen molar-refractivity contribution in [1.29, 1.82) is 0 Å². The molecule has 2 rings (SSSR count). The van der Waals surface area contributed by atoms with Gasteiger partial charge in [0.2, 0.25) is 0 Å². The fourth-order valence-corrected chi connectivity index (χ4v) is 2.82. The molecule has 0 amide bonds. The minimum Gasteiger partial charge on any atom is -0.305 e. The molecule has 2 fully saturated rings. The number of hydrogen-bond donors (Lipinski definition) is 1. The zero-order valence-corrected chi connectivity index (χ0v) is 7.15. The van der Waals surface area contributed by atoms with Crippen LogP contribution in [0.25, 0.3) is 0 Å². The van der Waals surface area contributed by atoms with Crippen LogP contribution < -0.4 is 5.32 Å². The number of hydrogen-bond acceptors (Lipinski definition) is 1. The van der Waals surface area contributed by atoms with Crippen molar-refractivity contribution in [3.05, 3.63) is 0 Å². The maximum atomic E-state index is 3.60. The molecular formula is C9H17N. The zero-order valence-electron chi connectivity index (χ0n) is 7.15. The molecule has 0 spiro atoms. The smallest absolute Gasteiger partial charge is 0.0341 e. The van der Waals surface area contributed by atoms with Crippen LogP contribution in [0.2, 0.25) is 0 Å². The molecule has 1 nitrogen and oxygen atoms in total. The molecule has 58 valence electrons. The molecule has 0 aromatic rings. The van der Waals surface area contributed by atoms with Gasteiger partial charge >= 0.3 is 0 Å². The summed E-state index contributed by atoms with van der Waals surface area (Å²) in [4.78, 5) is 0. The Balaban J connectivity index is 2.12. The molecule has 1 aliphatic carbocycles. The maximum absolute atomic E-state index is 3.60. The first-order valence-corrected chi connectivity index (χ1v) is 4.46. The van der Waals surface area contributed by atoms with E-state index in [2.05, 4.69) is 26.1 Å². The van der Waals surface area contributed by atoms with Crippen molar-refractivity contribution in [2.45, 2.75) is 45.2 Å². The highest BCUT2D eigenvalue weighted by Crippen LogP contribution is 2.50. The van der Waals surface area contributed by atoms with Crippen LogP contribution in [0, 0.1) is 11.8 Å². The Morgan fingerprint density at radius 2 is 2.30 bits per heavy atom. The average molecular weight is 139 g/mol. The fraction of sp³-hybridized carbons (Fsp3) is 1.00. The van der Waals surface area contributed by atoms with Crippen molar-refractivity contribution in [2.24, 2.45) is 11.8 Å². The number of nitrogens with one attached hydrogen (secondary N) is 1. The lowest BCUT2D eigenvalue weighted by atomic mass is 9.93. The summed E-state index contributed by atoms with van der Waals surface area (Å²) in [5, 5.41) is 3.60. The summed E-state index contributed by atoms with van der Waals surface area (Å²) in [7, 11) is 0. The van der Waals surface area contributed by atoms with Crippen LogP contribution in [0.1, 0.15) is 33.6 Å². The van der Waals surface area contributed by atoms with Gasteiger partial charge in [0.05, 0.1) is 0 Å². The number of rotatable bonds is 1. The predicted molar refractivity (Wildman–Crippen MR) is 42.9 cm³/mol. The summed E-state index contributed by atoms with van der Waals surface area (Å²) in [6.45, 7) is 7.07. The van der Waals surface area contributed by atoms with E-state index in [0.717, 1.165) is 17.9 Å². The van der Waals surface area contributed by atoms with Gasteiger partial charge in [0.25, 0.3) is 0 Å². The molecule has 1 N–H and O–H groups in total. The van der Waals surface area contributed by atoms with Gasteiger partial charge in [-0.3, -0.25) is 0 Å². The van der Waals surface area contributed by atoms with Crippen LogP contribution in [0.3, 0.4) is 0 Å². The van der Waals surface area contributed by atoms with Crippen molar-refractivity contribution in [3.8, 4) is 0 Å². The van der Waals surface area contributed by atoms with Crippen LogP contribution in [-0.2, 0) is 0 Å². The molecule has 0 radical (unpaired) electrons. The van der Waals surface area contributed by atoms with Crippen LogP contribution >= 0.6 is 0 Å². The highest BCUT2D eigenvalue weighted by atomic mass is 15.2. The first-order valence-electron chi connectivity index (χ1n) is 4.46. The van der Waals surface area contributed by atoms with Crippen LogP contribution in [-0.4, -0.2) is 11.6 Å². The van der Waals surface area contributed by atoms with E-state index in [1.807, 2.05) is 0 Å². The summed E-state index contributed by atoms with van der Waals surface area (Å²) >= 11 is 0. The van der Waals surface area contributed by atoms with Crippen molar-refractivity contribution in [3.63, 3.8) is 0 Å². The van der Waals surface area contributed by atoms with E-state index in [1.54, 1.807) is 0 Å². The maximum Gasteiger partial charge on any atom is 0.0341 e. The molecule has 1 aliphatic heterocycles. The summed E-state index contributed by atoms with van der Waals surface area (Å²) in [5.74, 6) is 1.88. The molecule has 0 bridgehead atoms. The monoisotopic (exact) mass is 139 g/mol. The van der Waals surface area contributed by atoms with Gasteiger partial charge in [-0.1, -0.05) is 20.3 Å². The van der Waals surface area contributed by atoms with Gasteiger partial charge in [-0.05, 0) is 25.2 Å². The third-order valence-electron chi connectivity index (χ3n) is 3.60. The zero-order chi connectivity index (χ0) is 7.35. The minimum atomic E-state index is 0.550. The largest absolute Gasteiger partial charge is 0.305 e. The lowest BCUT2D eigenvalue weighted by Gasteiger charge is -2.15. The second kappa shape index (κ2) is 1.76. The van der Waals surface area contributed by atoms with E-state index in [-0.39, 0.29) is 0 Å². The summed E-state index contributed by atoms with van der Waals surface area (Å²) < 4.78 is 0. The molecule has 2 aliphatic rings. The van der Waals surface area contributed by atoms with E-state index in [1.165, 1.54) is 12.8 Å². The van der Waals surface area contributed by atoms with Gasteiger partial charge < -0.3 is 5.32 Å². The second-order valence-corrected chi connectivity index (χ2v) is 4.22. The Morgan fingerprint density at radius 1 is 1.60 bits per heavy atom. The molecule has 1 heteroatoms. The first kappa shape index (κ1) is 6.66. The third kappa shape index (κ3) is 0.619. The predicted octanol–water partition coefficient (Wildman–Crippen LogP) is 1.78. The standard InChI is InChI=1S/C9H17N/c1-4-7-5-6(2)8-9(7,3)10-8/h6-8,10H,4-5H2,1-3H3. The number of fused-ring (bicyclic) bond motifs is 1. The topological polar surface area (TPSA) is 21.9 Å². The molecular weight excluding hydrogens is 122 g/mol. The lowest BCUT2D eigenvalue weighted by molar-refractivity contribution is 0.384. The Labute approximate surface area is 63.2 Å². The lowest BCUT2D eigenvalue weighted by Crippen LogP contribution is -2.20. The molecule has 4 atom stereocenters. The van der Waals surface area contributed by atoms with Gasteiger partial charge in [-0.25, -0.2) is 0 Å². The normalized spacial score (nSPS) is 58.5. The molecule has 0 aromatic heterocycles. The van der Waals surface area contributed by atoms with Gasteiger partial charge in [0.15, 0.2) is 0 Å². The van der Waals surface area contributed by atoms with Crippen molar-refractivity contribution < 1.29 is 0 Å². The third-order valence-corrected chi connectivity index (χ3v) is 3.60. The Morgan fingerprint density at radius 3 is 2.50 bits per heavy atom. The molecule has 10 heavy (non-hydrogen) atoms. The highest BCUT2D eigenvalue weighted by molar-refractivity contribution is 5.21. The van der Waals surface area contributed by atoms with E-state index in [4.69, 9.17) is 0 Å². The van der Waals surface area contributed by atoms with Crippen molar-refractivity contribution in [2.75, 3.05) is 0 Å². The first-order chi connectivity index (χ1) is 4.68. The summed E-state index contributed by atoms with van der Waals surface area (Å²) in [6, 6.07) is 0.859.